The summed E-state index contributed by atoms with van der Waals surface area (Å²) in [5, 5.41) is 15.4. The lowest BCUT2D eigenvalue weighted by Gasteiger charge is -2.31. The molecule has 1 aromatic carbocycles. The van der Waals surface area contributed by atoms with E-state index in [-0.39, 0.29) is 24.0 Å². The van der Waals surface area contributed by atoms with Gasteiger partial charge in [-0.1, -0.05) is 30.3 Å². The van der Waals surface area contributed by atoms with Gasteiger partial charge in [0, 0.05) is 26.2 Å². The average Bonchev–Trinajstić information content (AvgIpc) is 3.01. The number of carbonyl (C=O) groups is 2. The first-order valence-corrected chi connectivity index (χ1v) is 10.9. The van der Waals surface area contributed by atoms with Crippen LogP contribution < -0.4 is 10.6 Å². The molecule has 1 aromatic rings. The maximum absolute atomic E-state index is 12.9. The Kier molecular flexibility index (Phi) is 7.36. The molecule has 0 radical (unpaired) electrons. The SMILES string of the molecule is CC(C)(C)OC(=O)NC1CN(Cc2ccccc2)CC1C(=O)NCCC1CC(O)C1. The van der Waals surface area contributed by atoms with Crippen LogP contribution in [0.1, 0.15) is 45.6 Å². The Morgan fingerprint density at radius 2 is 1.87 bits per heavy atom. The zero-order chi connectivity index (χ0) is 21.7. The van der Waals surface area contributed by atoms with Gasteiger partial charge in [-0.25, -0.2) is 4.79 Å². The number of alkyl carbamates (subject to hydrolysis) is 1. The van der Waals surface area contributed by atoms with Crippen LogP contribution in [0.5, 0.6) is 0 Å². The lowest BCUT2D eigenvalue weighted by molar-refractivity contribution is -0.125. The Hall–Kier alpha value is -2.12. The van der Waals surface area contributed by atoms with E-state index in [9.17, 15) is 14.7 Å². The summed E-state index contributed by atoms with van der Waals surface area (Å²) >= 11 is 0. The molecule has 0 aromatic heterocycles. The predicted molar refractivity (Wildman–Crippen MR) is 115 cm³/mol. The Labute approximate surface area is 179 Å². The Morgan fingerprint density at radius 3 is 2.50 bits per heavy atom. The number of ether oxygens (including phenoxy) is 1. The molecule has 7 nitrogen and oxygen atoms in total. The largest absolute Gasteiger partial charge is 0.444 e. The molecule has 0 bridgehead atoms. The number of hydrogen-bond donors (Lipinski definition) is 3. The van der Waals surface area contributed by atoms with Crippen LogP contribution in [-0.2, 0) is 16.1 Å². The van der Waals surface area contributed by atoms with Gasteiger partial charge >= 0.3 is 6.09 Å². The second-order valence-electron chi connectivity index (χ2n) is 9.61. The molecule has 3 N–H and O–H groups in total. The van der Waals surface area contributed by atoms with Crippen molar-refractivity contribution in [1.29, 1.82) is 0 Å². The van der Waals surface area contributed by atoms with E-state index in [4.69, 9.17) is 4.74 Å². The standard InChI is InChI=1S/C23H35N3O4/c1-23(2,3)30-22(29)25-20-15-26(13-16-7-5-4-6-8-16)14-19(20)21(28)24-10-9-17-11-18(27)12-17/h4-8,17-20,27H,9-15H2,1-3H3,(H,24,28)(H,25,29). The molecule has 2 aliphatic rings. The molecular formula is C23H35N3O4. The molecular weight excluding hydrogens is 382 g/mol. The Bertz CT molecular complexity index is 713. The molecule has 2 amide bonds. The highest BCUT2D eigenvalue weighted by atomic mass is 16.6. The van der Waals surface area contributed by atoms with E-state index < -0.39 is 11.7 Å². The zero-order valence-corrected chi connectivity index (χ0v) is 18.3. The van der Waals surface area contributed by atoms with Crippen molar-refractivity contribution in [3.8, 4) is 0 Å². The van der Waals surface area contributed by atoms with E-state index in [0.717, 1.165) is 25.8 Å². The predicted octanol–water partition coefficient (Wildman–Crippen LogP) is 2.29. The lowest BCUT2D eigenvalue weighted by Crippen LogP contribution is -2.48. The van der Waals surface area contributed by atoms with Crippen molar-refractivity contribution in [2.24, 2.45) is 11.8 Å². The van der Waals surface area contributed by atoms with E-state index in [2.05, 4.69) is 27.7 Å². The van der Waals surface area contributed by atoms with Crippen molar-refractivity contribution >= 4 is 12.0 Å². The lowest BCUT2D eigenvalue weighted by atomic mass is 9.80. The number of aliphatic hydroxyl groups excluding tert-OH is 1. The average molecular weight is 418 g/mol. The van der Waals surface area contributed by atoms with Crippen molar-refractivity contribution in [3.63, 3.8) is 0 Å². The minimum absolute atomic E-state index is 0.0357. The van der Waals surface area contributed by atoms with Crippen molar-refractivity contribution < 1.29 is 19.4 Å². The Balaban J connectivity index is 1.57. The molecule has 2 fully saturated rings. The molecule has 166 valence electrons. The number of likely N-dealkylation sites (tertiary alicyclic amines) is 1. The van der Waals surface area contributed by atoms with Gasteiger partial charge in [0.25, 0.3) is 0 Å². The van der Waals surface area contributed by atoms with Crippen molar-refractivity contribution in [1.82, 2.24) is 15.5 Å². The van der Waals surface area contributed by atoms with Crippen molar-refractivity contribution in [3.05, 3.63) is 35.9 Å². The minimum atomic E-state index is -0.586. The summed E-state index contributed by atoms with van der Waals surface area (Å²) in [6, 6.07) is 9.83. The van der Waals surface area contributed by atoms with Crippen molar-refractivity contribution in [2.75, 3.05) is 19.6 Å². The first-order valence-electron chi connectivity index (χ1n) is 10.9. The highest BCUT2D eigenvalue weighted by Crippen LogP contribution is 2.29. The van der Waals surface area contributed by atoms with Gasteiger partial charge in [0.05, 0.1) is 18.1 Å². The first-order chi connectivity index (χ1) is 14.2. The van der Waals surface area contributed by atoms with Gasteiger partial charge in [0.2, 0.25) is 5.91 Å². The van der Waals surface area contributed by atoms with Crippen LogP contribution in [0.15, 0.2) is 30.3 Å². The van der Waals surface area contributed by atoms with Gasteiger partial charge in [-0.3, -0.25) is 9.69 Å². The van der Waals surface area contributed by atoms with Crippen LogP contribution in [0, 0.1) is 11.8 Å². The molecule has 1 saturated heterocycles. The highest BCUT2D eigenvalue weighted by Gasteiger charge is 2.39. The van der Waals surface area contributed by atoms with Gasteiger partial charge in [-0.15, -0.1) is 0 Å². The molecule has 1 aliphatic carbocycles. The highest BCUT2D eigenvalue weighted by molar-refractivity contribution is 5.81. The number of aliphatic hydroxyl groups is 1. The summed E-state index contributed by atoms with van der Waals surface area (Å²) in [5.74, 6) is 0.133. The van der Waals surface area contributed by atoms with Crippen LogP contribution in [-0.4, -0.2) is 59.4 Å². The van der Waals surface area contributed by atoms with E-state index in [1.165, 1.54) is 5.56 Å². The number of amides is 2. The topological polar surface area (TPSA) is 90.9 Å². The molecule has 30 heavy (non-hydrogen) atoms. The summed E-state index contributed by atoms with van der Waals surface area (Å²) in [6.07, 6.45) is 1.87. The van der Waals surface area contributed by atoms with E-state index >= 15 is 0 Å². The van der Waals surface area contributed by atoms with Crippen LogP contribution in [0.25, 0.3) is 0 Å². The molecule has 3 rings (SSSR count). The summed E-state index contributed by atoms with van der Waals surface area (Å²) in [6.45, 7) is 7.99. The number of rotatable bonds is 7. The fourth-order valence-corrected chi connectivity index (χ4v) is 4.19. The van der Waals surface area contributed by atoms with E-state index in [1.807, 2.05) is 39.0 Å². The molecule has 1 heterocycles. The number of nitrogens with zero attached hydrogens (tertiary/aromatic N) is 1. The first kappa shape index (κ1) is 22.6. The van der Waals surface area contributed by atoms with E-state index in [1.54, 1.807) is 0 Å². The van der Waals surface area contributed by atoms with Crippen LogP contribution >= 0.6 is 0 Å². The van der Waals surface area contributed by atoms with Crippen LogP contribution in [0.4, 0.5) is 4.79 Å². The van der Waals surface area contributed by atoms with E-state index in [0.29, 0.717) is 25.6 Å². The normalized spacial score (nSPS) is 26.7. The quantitative estimate of drug-likeness (QED) is 0.633. The monoisotopic (exact) mass is 417 g/mol. The van der Waals surface area contributed by atoms with Gasteiger partial charge in [0.15, 0.2) is 0 Å². The van der Waals surface area contributed by atoms with Gasteiger partial charge in [-0.05, 0) is 51.5 Å². The summed E-state index contributed by atoms with van der Waals surface area (Å²) in [4.78, 5) is 27.4. The maximum atomic E-state index is 12.9. The maximum Gasteiger partial charge on any atom is 0.407 e. The van der Waals surface area contributed by atoms with Crippen LogP contribution in [0.3, 0.4) is 0 Å². The summed E-state index contributed by atoms with van der Waals surface area (Å²) in [5.41, 5.74) is 0.593. The second kappa shape index (κ2) is 9.79. The molecule has 1 saturated carbocycles. The third-order valence-corrected chi connectivity index (χ3v) is 5.75. The molecule has 2 unspecified atom stereocenters. The third-order valence-electron chi connectivity index (χ3n) is 5.75. The molecule has 1 aliphatic heterocycles. The van der Waals surface area contributed by atoms with Crippen molar-refractivity contribution in [2.45, 2.75) is 64.3 Å². The van der Waals surface area contributed by atoms with Gasteiger partial charge in [-0.2, -0.15) is 0 Å². The summed E-state index contributed by atoms with van der Waals surface area (Å²) in [7, 11) is 0. The van der Waals surface area contributed by atoms with Gasteiger partial charge < -0.3 is 20.5 Å². The third kappa shape index (κ3) is 6.71. The zero-order valence-electron chi connectivity index (χ0n) is 18.3. The molecule has 7 heteroatoms. The number of hydrogen-bond acceptors (Lipinski definition) is 5. The fraction of sp³-hybridized carbons (Fsp3) is 0.652. The number of nitrogens with one attached hydrogen (secondary N) is 2. The summed E-state index contributed by atoms with van der Waals surface area (Å²) < 4.78 is 5.40. The number of carbonyl (C=O) groups excluding carboxylic acids is 2. The molecule has 0 spiro atoms. The number of benzene rings is 1. The Morgan fingerprint density at radius 1 is 1.17 bits per heavy atom. The van der Waals surface area contributed by atoms with Crippen LogP contribution in [0.2, 0.25) is 0 Å². The second-order valence-corrected chi connectivity index (χ2v) is 9.61. The minimum Gasteiger partial charge on any atom is -0.444 e. The smallest absolute Gasteiger partial charge is 0.407 e. The van der Waals surface area contributed by atoms with Gasteiger partial charge in [0.1, 0.15) is 5.60 Å². The fourth-order valence-electron chi connectivity index (χ4n) is 4.19. The molecule has 2 atom stereocenters.